The molecule has 19 heavy (non-hydrogen) atoms. The zero-order chi connectivity index (χ0) is 13.2. The zero-order valence-electron chi connectivity index (χ0n) is 10.5. The van der Waals surface area contributed by atoms with Crippen LogP contribution in [0.15, 0.2) is 54.0 Å². The van der Waals surface area contributed by atoms with Crippen LogP contribution in [-0.4, -0.2) is 21.3 Å². The van der Waals surface area contributed by atoms with Crippen LogP contribution in [0.1, 0.15) is 0 Å². The number of aryl methyl sites for hydroxylation is 1. The van der Waals surface area contributed by atoms with Crippen molar-refractivity contribution in [2.24, 2.45) is 7.05 Å². The first kappa shape index (κ1) is 12.0. The Morgan fingerprint density at radius 2 is 2.21 bits per heavy atom. The van der Waals surface area contributed by atoms with Gasteiger partial charge in [0, 0.05) is 36.1 Å². The molecule has 0 aliphatic carbocycles. The fourth-order valence-electron chi connectivity index (χ4n) is 2.04. The summed E-state index contributed by atoms with van der Waals surface area (Å²) in [4.78, 5) is 2.13. The minimum absolute atomic E-state index is 0.775. The van der Waals surface area contributed by atoms with Crippen LogP contribution >= 0.6 is 11.6 Å². The number of hydrogen-bond donors (Lipinski definition) is 0. The summed E-state index contributed by atoms with van der Waals surface area (Å²) in [5.41, 5.74) is 2.16. The molecule has 0 saturated heterocycles. The Morgan fingerprint density at radius 3 is 2.89 bits per heavy atom. The number of hydrogen-bond acceptors (Lipinski definition) is 3. The maximum absolute atomic E-state index is 5.93. The van der Waals surface area contributed by atoms with Crippen molar-refractivity contribution in [2.45, 2.75) is 0 Å². The number of benzene rings is 1. The summed E-state index contributed by atoms with van der Waals surface area (Å²) in [5.74, 6) is 0.858. The Labute approximate surface area is 116 Å². The first-order valence-electron chi connectivity index (χ1n) is 5.99. The van der Waals surface area contributed by atoms with E-state index in [2.05, 4.69) is 27.2 Å². The van der Waals surface area contributed by atoms with Crippen LogP contribution < -0.4 is 4.90 Å². The van der Waals surface area contributed by atoms with Gasteiger partial charge in [0.05, 0.1) is 0 Å². The topological polar surface area (TPSA) is 34.0 Å². The van der Waals surface area contributed by atoms with Crippen molar-refractivity contribution in [3.05, 3.63) is 54.0 Å². The van der Waals surface area contributed by atoms with Crippen molar-refractivity contribution in [1.82, 2.24) is 14.8 Å². The van der Waals surface area contributed by atoms with E-state index in [0.29, 0.717) is 0 Å². The Bertz CT molecular complexity index is 657. The number of halogens is 1. The molecular weight excluding hydrogens is 260 g/mol. The van der Waals surface area contributed by atoms with Crippen LogP contribution in [-0.2, 0) is 7.05 Å². The van der Waals surface area contributed by atoms with Gasteiger partial charge in [-0.1, -0.05) is 23.7 Å². The van der Waals surface area contributed by atoms with Crippen molar-refractivity contribution >= 4 is 17.3 Å². The highest BCUT2D eigenvalue weighted by Crippen LogP contribution is 2.25. The van der Waals surface area contributed by atoms with Gasteiger partial charge in [-0.2, -0.15) is 0 Å². The third-order valence-corrected chi connectivity index (χ3v) is 3.32. The summed E-state index contributed by atoms with van der Waals surface area (Å²) in [6.07, 6.45) is 7.56. The molecule has 3 rings (SSSR count). The molecule has 0 atom stereocenters. The van der Waals surface area contributed by atoms with Crippen LogP contribution in [0.2, 0.25) is 0 Å². The monoisotopic (exact) mass is 272 g/mol. The van der Waals surface area contributed by atoms with Crippen molar-refractivity contribution in [3.63, 3.8) is 0 Å². The molecule has 96 valence electrons. The van der Waals surface area contributed by atoms with E-state index in [1.807, 2.05) is 42.1 Å². The quantitative estimate of drug-likeness (QED) is 0.843. The van der Waals surface area contributed by atoms with Gasteiger partial charge in [-0.05, 0) is 24.3 Å². The predicted molar refractivity (Wildman–Crippen MR) is 76.9 cm³/mol. The molecule has 0 unspecified atom stereocenters. The van der Waals surface area contributed by atoms with Crippen molar-refractivity contribution < 1.29 is 0 Å². The van der Waals surface area contributed by atoms with E-state index in [0.717, 1.165) is 28.7 Å². The normalized spacial score (nSPS) is 14.6. The third kappa shape index (κ3) is 2.39. The number of nitrogens with zero attached hydrogens (tertiary/aromatic N) is 4. The number of aromatic nitrogens is 3. The first-order valence-corrected chi connectivity index (χ1v) is 6.37. The van der Waals surface area contributed by atoms with Crippen molar-refractivity contribution in [1.29, 1.82) is 0 Å². The van der Waals surface area contributed by atoms with Crippen molar-refractivity contribution in [2.75, 3.05) is 11.4 Å². The SMILES string of the molecule is Cn1cnnc1-c1cccc(N2C=CC(Cl)=CC2)c1. The van der Waals surface area contributed by atoms with Gasteiger partial charge in [0.15, 0.2) is 5.82 Å². The summed E-state index contributed by atoms with van der Waals surface area (Å²) in [5, 5.41) is 8.81. The lowest BCUT2D eigenvalue weighted by molar-refractivity contribution is 0.919. The fourth-order valence-corrected chi connectivity index (χ4v) is 2.16. The van der Waals surface area contributed by atoms with Crippen molar-refractivity contribution in [3.8, 4) is 11.4 Å². The highest BCUT2D eigenvalue weighted by atomic mass is 35.5. The predicted octanol–water partition coefficient (Wildman–Crippen LogP) is 2.94. The summed E-state index contributed by atoms with van der Waals surface area (Å²) in [7, 11) is 1.94. The van der Waals surface area contributed by atoms with Crippen LogP contribution in [0.5, 0.6) is 0 Å². The molecule has 4 nitrogen and oxygen atoms in total. The molecule has 0 N–H and O–H groups in total. The lowest BCUT2D eigenvalue weighted by atomic mass is 10.1. The van der Waals surface area contributed by atoms with Crippen LogP contribution in [0, 0.1) is 0 Å². The van der Waals surface area contributed by atoms with Gasteiger partial charge in [0.1, 0.15) is 6.33 Å². The second-order valence-corrected chi connectivity index (χ2v) is 4.81. The molecule has 0 bridgehead atoms. The number of allylic oxidation sites excluding steroid dienone is 2. The molecule has 0 fully saturated rings. The van der Waals surface area contributed by atoms with Crippen LogP contribution in [0.4, 0.5) is 5.69 Å². The van der Waals surface area contributed by atoms with E-state index in [1.54, 1.807) is 6.33 Å². The molecule has 1 aromatic carbocycles. The van der Waals surface area contributed by atoms with Crippen LogP contribution in [0.3, 0.4) is 0 Å². The van der Waals surface area contributed by atoms with E-state index in [-0.39, 0.29) is 0 Å². The molecule has 2 aromatic rings. The average molecular weight is 273 g/mol. The Kier molecular flexibility index (Phi) is 3.09. The maximum atomic E-state index is 5.93. The van der Waals surface area contributed by atoms with E-state index in [9.17, 15) is 0 Å². The van der Waals surface area contributed by atoms with Gasteiger partial charge < -0.3 is 9.47 Å². The zero-order valence-corrected chi connectivity index (χ0v) is 11.2. The molecule has 0 saturated carbocycles. The summed E-state index contributed by atoms with van der Waals surface area (Å²) < 4.78 is 1.90. The second-order valence-electron chi connectivity index (χ2n) is 4.37. The average Bonchev–Trinajstić information content (AvgIpc) is 2.86. The third-order valence-electron chi connectivity index (χ3n) is 3.04. The van der Waals surface area contributed by atoms with Gasteiger partial charge in [-0.25, -0.2) is 0 Å². The highest BCUT2D eigenvalue weighted by Gasteiger charge is 2.09. The van der Waals surface area contributed by atoms with Crippen LogP contribution in [0.25, 0.3) is 11.4 Å². The van der Waals surface area contributed by atoms with E-state index in [4.69, 9.17) is 11.6 Å². The standard InChI is InChI=1S/C14H13ClN4/c1-18-10-16-17-14(18)11-3-2-4-13(9-11)19-7-5-12(15)6-8-19/h2-7,9-10H,8H2,1H3. The smallest absolute Gasteiger partial charge is 0.163 e. The molecule has 0 spiro atoms. The molecule has 0 radical (unpaired) electrons. The number of rotatable bonds is 2. The van der Waals surface area contributed by atoms with Gasteiger partial charge in [-0.3, -0.25) is 0 Å². The molecule has 5 heteroatoms. The van der Waals surface area contributed by atoms with E-state index >= 15 is 0 Å². The molecule has 0 amide bonds. The molecular formula is C14H13ClN4. The molecule has 1 aromatic heterocycles. The highest BCUT2D eigenvalue weighted by molar-refractivity contribution is 6.31. The molecule has 2 heterocycles. The van der Waals surface area contributed by atoms with E-state index < -0.39 is 0 Å². The van der Waals surface area contributed by atoms with Gasteiger partial charge >= 0.3 is 0 Å². The lowest BCUT2D eigenvalue weighted by Crippen LogP contribution is -2.18. The lowest BCUT2D eigenvalue weighted by Gasteiger charge is -2.22. The Hall–Kier alpha value is -2.07. The van der Waals surface area contributed by atoms with Gasteiger partial charge in [-0.15, -0.1) is 10.2 Å². The second kappa shape index (κ2) is 4.90. The minimum atomic E-state index is 0.775. The summed E-state index contributed by atoms with van der Waals surface area (Å²) in [6.45, 7) is 0.775. The fraction of sp³-hybridized carbons (Fsp3) is 0.143. The number of anilines is 1. The molecule has 1 aliphatic heterocycles. The largest absolute Gasteiger partial charge is 0.344 e. The van der Waals surface area contributed by atoms with Gasteiger partial charge in [0.25, 0.3) is 0 Å². The Balaban J connectivity index is 1.93. The molecule has 1 aliphatic rings. The maximum Gasteiger partial charge on any atom is 0.163 e. The van der Waals surface area contributed by atoms with E-state index in [1.165, 1.54) is 0 Å². The minimum Gasteiger partial charge on any atom is -0.344 e. The van der Waals surface area contributed by atoms with Gasteiger partial charge in [0.2, 0.25) is 0 Å². The Morgan fingerprint density at radius 1 is 1.32 bits per heavy atom. The first-order chi connectivity index (χ1) is 9.24. The summed E-state index contributed by atoms with van der Waals surface area (Å²) >= 11 is 5.93. The summed E-state index contributed by atoms with van der Waals surface area (Å²) in [6, 6.07) is 8.22.